The molecule has 1 aromatic rings. The summed E-state index contributed by atoms with van der Waals surface area (Å²) >= 11 is 0. The van der Waals surface area contributed by atoms with Crippen LogP contribution in [0.2, 0.25) is 0 Å². The van der Waals surface area contributed by atoms with Gasteiger partial charge in [0.15, 0.2) is 0 Å². The number of carbonyl (C=O) groups is 2. The predicted octanol–water partition coefficient (Wildman–Crippen LogP) is 3.30. The number of hydrogen-bond donors (Lipinski definition) is 1. The lowest BCUT2D eigenvalue weighted by Crippen LogP contribution is -2.41. The summed E-state index contributed by atoms with van der Waals surface area (Å²) in [5, 5.41) is 0. The number of amides is 1. The van der Waals surface area contributed by atoms with Gasteiger partial charge in [-0.15, -0.1) is 0 Å². The molecular formula is C21H32N2O3. The van der Waals surface area contributed by atoms with Crippen LogP contribution in [0.3, 0.4) is 0 Å². The molecule has 1 heterocycles. The molecule has 2 N–H and O–H groups in total. The van der Waals surface area contributed by atoms with Crippen molar-refractivity contribution in [3.8, 4) is 0 Å². The Balaban J connectivity index is 2.11. The number of nitrogens with two attached hydrogens (primary N) is 1. The molecular weight excluding hydrogens is 328 g/mol. The van der Waals surface area contributed by atoms with Crippen LogP contribution in [0.1, 0.15) is 53.0 Å². The van der Waals surface area contributed by atoms with Crippen molar-refractivity contribution >= 4 is 17.6 Å². The van der Waals surface area contributed by atoms with Crippen molar-refractivity contribution in [3.63, 3.8) is 0 Å². The summed E-state index contributed by atoms with van der Waals surface area (Å²) in [6, 6.07) is 8.19. The molecule has 0 aliphatic carbocycles. The van der Waals surface area contributed by atoms with Crippen LogP contribution in [-0.4, -0.2) is 30.6 Å². The highest BCUT2D eigenvalue weighted by Crippen LogP contribution is 2.29. The van der Waals surface area contributed by atoms with Gasteiger partial charge in [-0.05, 0) is 71.6 Å². The van der Waals surface area contributed by atoms with E-state index in [9.17, 15) is 9.59 Å². The number of carbonyl (C=O) groups excluding carboxylic acids is 2. The van der Waals surface area contributed by atoms with Crippen LogP contribution in [0, 0.1) is 11.3 Å². The summed E-state index contributed by atoms with van der Waals surface area (Å²) in [6.07, 6.45) is 2.42. The number of ether oxygens (including phenoxy) is 1. The fourth-order valence-corrected chi connectivity index (χ4v) is 3.31. The van der Waals surface area contributed by atoms with Crippen molar-refractivity contribution in [2.45, 2.75) is 59.5 Å². The van der Waals surface area contributed by atoms with Gasteiger partial charge in [-0.25, -0.2) is 0 Å². The number of rotatable bonds is 5. The van der Waals surface area contributed by atoms with E-state index < -0.39 is 11.0 Å². The predicted molar refractivity (Wildman–Crippen MR) is 104 cm³/mol. The monoisotopic (exact) mass is 360 g/mol. The molecule has 1 saturated heterocycles. The lowest BCUT2D eigenvalue weighted by Gasteiger charge is -2.33. The molecule has 1 amide bonds. The molecule has 0 spiro atoms. The van der Waals surface area contributed by atoms with Gasteiger partial charge in [0.1, 0.15) is 5.60 Å². The normalized spacial score (nSPS) is 18.5. The van der Waals surface area contributed by atoms with Gasteiger partial charge in [0, 0.05) is 18.8 Å². The number of benzene rings is 1. The van der Waals surface area contributed by atoms with E-state index in [0.29, 0.717) is 13.0 Å². The fourth-order valence-electron chi connectivity index (χ4n) is 3.31. The zero-order valence-electron chi connectivity index (χ0n) is 16.7. The van der Waals surface area contributed by atoms with E-state index in [2.05, 4.69) is 11.0 Å². The largest absolute Gasteiger partial charge is 0.460 e. The second-order valence-electron chi connectivity index (χ2n) is 8.92. The topological polar surface area (TPSA) is 72.6 Å². The molecule has 1 atom stereocenters. The lowest BCUT2D eigenvalue weighted by atomic mass is 9.85. The Morgan fingerprint density at radius 1 is 1.23 bits per heavy atom. The number of esters is 1. The zero-order valence-corrected chi connectivity index (χ0v) is 16.7. The van der Waals surface area contributed by atoms with Crippen molar-refractivity contribution in [3.05, 3.63) is 29.8 Å². The third-order valence-electron chi connectivity index (χ3n) is 4.70. The molecule has 0 saturated carbocycles. The Morgan fingerprint density at radius 2 is 1.92 bits per heavy atom. The average Bonchev–Trinajstić information content (AvgIpc) is 2.53. The zero-order chi connectivity index (χ0) is 19.5. The summed E-state index contributed by atoms with van der Waals surface area (Å²) < 4.78 is 5.56. The van der Waals surface area contributed by atoms with E-state index in [4.69, 9.17) is 10.5 Å². The maximum Gasteiger partial charge on any atom is 0.312 e. The van der Waals surface area contributed by atoms with Gasteiger partial charge >= 0.3 is 5.97 Å². The number of anilines is 1. The van der Waals surface area contributed by atoms with Crippen LogP contribution in [0.25, 0.3) is 0 Å². The fraction of sp³-hybridized carbons (Fsp3) is 0.619. The molecule has 0 bridgehead atoms. The molecule has 0 radical (unpaired) electrons. The molecule has 5 heteroatoms. The first-order valence-corrected chi connectivity index (χ1v) is 9.34. The van der Waals surface area contributed by atoms with Crippen LogP contribution >= 0.6 is 0 Å². The third-order valence-corrected chi connectivity index (χ3v) is 4.70. The average molecular weight is 360 g/mol. The van der Waals surface area contributed by atoms with Gasteiger partial charge < -0.3 is 15.4 Å². The van der Waals surface area contributed by atoms with E-state index in [0.717, 1.165) is 30.6 Å². The van der Waals surface area contributed by atoms with Crippen LogP contribution < -0.4 is 10.6 Å². The molecule has 2 rings (SSSR count). The van der Waals surface area contributed by atoms with Crippen LogP contribution in [0.5, 0.6) is 0 Å². The lowest BCUT2D eigenvalue weighted by molar-refractivity contribution is -0.165. The molecule has 1 aliphatic rings. The molecule has 1 aromatic carbocycles. The Hall–Kier alpha value is -2.04. The summed E-state index contributed by atoms with van der Waals surface area (Å²) in [5.41, 5.74) is 6.55. The highest BCUT2D eigenvalue weighted by Gasteiger charge is 2.33. The summed E-state index contributed by atoms with van der Waals surface area (Å²) in [5.74, 6) is -0.510. The minimum atomic E-state index is -0.608. The van der Waals surface area contributed by atoms with Crippen molar-refractivity contribution in [2.24, 2.45) is 17.1 Å². The second-order valence-corrected chi connectivity index (χ2v) is 8.92. The molecule has 144 valence electrons. The van der Waals surface area contributed by atoms with E-state index in [1.807, 2.05) is 52.8 Å². The van der Waals surface area contributed by atoms with Gasteiger partial charge in [-0.3, -0.25) is 9.59 Å². The first-order chi connectivity index (χ1) is 12.0. The molecule has 26 heavy (non-hydrogen) atoms. The van der Waals surface area contributed by atoms with Crippen molar-refractivity contribution < 1.29 is 14.3 Å². The third kappa shape index (κ3) is 5.48. The van der Waals surface area contributed by atoms with Gasteiger partial charge in [0.25, 0.3) is 0 Å². The summed E-state index contributed by atoms with van der Waals surface area (Å²) in [4.78, 5) is 26.2. The van der Waals surface area contributed by atoms with E-state index in [1.54, 1.807) is 0 Å². The van der Waals surface area contributed by atoms with Crippen molar-refractivity contribution in [1.82, 2.24) is 0 Å². The van der Waals surface area contributed by atoms with Crippen molar-refractivity contribution in [2.75, 3.05) is 18.0 Å². The van der Waals surface area contributed by atoms with Gasteiger partial charge in [0.05, 0.1) is 11.3 Å². The summed E-state index contributed by atoms with van der Waals surface area (Å²) in [6.45, 7) is 11.1. The summed E-state index contributed by atoms with van der Waals surface area (Å²) in [7, 11) is 0. The smallest absolute Gasteiger partial charge is 0.312 e. The molecule has 1 fully saturated rings. The minimum Gasteiger partial charge on any atom is -0.460 e. The van der Waals surface area contributed by atoms with E-state index in [1.165, 1.54) is 0 Å². The quantitative estimate of drug-likeness (QED) is 0.818. The molecule has 1 aliphatic heterocycles. The van der Waals surface area contributed by atoms with Gasteiger partial charge in [0.2, 0.25) is 5.91 Å². The number of primary amides is 1. The van der Waals surface area contributed by atoms with Gasteiger partial charge in [-0.2, -0.15) is 0 Å². The maximum absolute atomic E-state index is 12.5. The molecule has 0 unspecified atom stereocenters. The first-order valence-electron chi connectivity index (χ1n) is 9.34. The van der Waals surface area contributed by atoms with Crippen LogP contribution in [0.15, 0.2) is 24.3 Å². The van der Waals surface area contributed by atoms with Crippen LogP contribution in [0.4, 0.5) is 5.69 Å². The Kier molecular flexibility index (Phi) is 5.99. The second kappa shape index (κ2) is 7.68. The number of hydrogen-bond acceptors (Lipinski definition) is 4. The highest BCUT2D eigenvalue weighted by atomic mass is 16.6. The molecule has 0 aromatic heterocycles. The SMILES string of the molecule is CC(C)(C)OC(=O)C(C)(C)Cc1cccc(N2CCC[C@@H](C(N)=O)C2)c1. The highest BCUT2D eigenvalue weighted by molar-refractivity contribution is 5.78. The first kappa shape index (κ1) is 20.3. The Morgan fingerprint density at radius 3 is 2.54 bits per heavy atom. The van der Waals surface area contributed by atoms with E-state index in [-0.39, 0.29) is 17.8 Å². The number of nitrogens with zero attached hydrogens (tertiary/aromatic N) is 1. The standard InChI is InChI=1S/C21H32N2O3/c1-20(2,3)26-19(25)21(4,5)13-15-8-6-10-17(12-15)23-11-7-9-16(14-23)18(22)24/h6,8,10,12,16H,7,9,11,13-14H2,1-5H3,(H2,22,24)/t16-/m1/s1. The van der Waals surface area contributed by atoms with Gasteiger partial charge in [-0.1, -0.05) is 12.1 Å². The Labute approximate surface area is 156 Å². The van der Waals surface area contributed by atoms with Crippen LogP contribution in [-0.2, 0) is 20.7 Å². The minimum absolute atomic E-state index is 0.0920. The number of piperidine rings is 1. The van der Waals surface area contributed by atoms with E-state index >= 15 is 0 Å². The Bertz CT molecular complexity index is 661. The maximum atomic E-state index is 12.5. The van der Waals surface area contributed by atoms with Crippen molar-refractivity contribution in [1.29, 1.82) is 0 Å². The molecule has 5 nitrogen and oxygen atoms in total.